The summed E-state index contributed by atoms with van der Waals surface area (Å²) >= 11 is 3.12. The van der Waals surface area contributed by atoms with Crippen LogP contribution >= 0.6 is 23.1 Å². The maximum absolute atomic E-state index is 12.7. The lowest BCUT2D eigenvalue weighted by atomic mass is 9.99. The van der Waals surface area contributed by atoms with Crippen LogP contribution < -0.4 is 0 Å². The lowest BCUT2D eigenvalue weighted by Crippen LogP contribution is -2.38. The largest absolute Gasteiger partial charge is 0.337 e. The summed E-state index contributed by atoms with van der Waals surface area (Å²) in [7, 11) is 0. The first-order valence-corrected chi connectivity index (χ1v) is 11.3. The van der Waals surface area contributed by atoms with Crippen molar-refractivity contribution in [3.8, 4) is 5.69 Å². The molecule has 1 saturated heterocycles. The first kappa shape index (κ1) is 19.1. The number of piperidine rings is 1. The number of nitrogens with zero attached hydrogens (tertiary/aromatic N) is 5. The number of thioether (sulfide) groups is 1. The first-order valence-electron chi connectivity index (χ1n) is 9.45. The highest BCUT2D eigenvalue weighted by Crippen LogP contribution is 2.27. The molecule has 0 spiro atoms. The zero-order valence-electron chi connectivity index (χ0n) is 16.0. The number of hydrogen-bond donors (Lipinski definition) is 0. The summed E-state index contributed by atoms with van der Waals surface area (Å²) in [5.74, 6) is 2.28. The highest BCUT2D eigenvalue weighted by Gasteiger charge is 2.23. The van der Waals surface area contributed by atoms with E-state index in [1.807, 2.05) is 52.1 Å². The van der Waals surface area contributed by atoms with Crippen LogP contribution in [0, 0.1) is 12.8 Å². The molecule has 4 rings (SSSR count). The molecule has 0 radical (unpaired) electrons. The summed E-state index contributed by atoms with van der Waals surface area (Å²) in [6.07, 6.45) is 2.15. The molecule has 0 saturated carbocycles. The minimum absolute atomic E-state index is 0.0581. The molecule has 8 heteroatoms. The van der Waals surface area contributed by atoms with Gasteiger partial charge in [0.2, 0.25) is 0 Å². The fourth-order valence-corrected chi connectivity index (χ4v) is 5.07. The monoisotopic (exact) mass is 413 g/mol. The molecule has 1 amide bonds. The number of aromatic nitrogens is 4. The van der Waals surface area contributed by atoms with Gasteiger partial charge in [-0.25, -0.2) is 4.98 Å². The Balaban J connectivity index is 1.43. The molecule has 0 unspecified atom stereocenters. The molecule has 146 valence electrons. The maximum Gasteiger partial charge on any atom is 0.273 e. The van der Waals surface area contributed by atoms with Gasteiger partial charge in [-0.1, -0.05) is 36.9 Å². The van der Waals surface area contributed by atoms with E-state index in [1.165, 1.54) is 11.3 Å². The number of hydrogen-bond acceptors (Lipinski definition) is 6. The molecular formula is C20H23N5OS2. The van der Waals surface area contributed by atoms with Crippen molar-refractivity contribution in [1.82, 2.24) is 24.6 Å². The molecule has 3 heterocycles. The number of rotatable bonds is 5. The second kappa shape index (κ2) is 8.45. The Kier molecular flexibility index (Phi) is 5.77. The van der Waals surface area contributed by atoms with Gasteiger partial charge in [-0.15, -0.1) is 21.5 Å². The predicted molar refractivity (Wildman–Crippen MR) is 112 cm³/mol. The number of carbonyl (C=O) groups is 1. The van der Waals surface area contributed by atoms with E-state index < -0.39 is 0 Å². The normalized spacial score (nSPS) is 15.1. The van der Waals surface area contributed by atoms with Gasteiger partial charge >= 0.3 is 0 Å². The van der Waals surface area contributed by atoms with E-state index in [0.717, 1.165) is 47.6 Å². The van der Waals surface area contributed by atoms with Crippen LogP contribution in [-0.2, 0) is 5.75 Å². The Hall–Kier alpha value is -2.19. The van der Waals surface area contributed by atoms with Crippen LogP contribution in [0.3, 0.4) is 0 Å². The van der Waals surface area contributed by atoms with Crippen LogP contribution in [0.1, 0.15) is 41.1 Å². The van der Waals surface area contributed by atoms with Crippen molar-refractivity contribution < 1.29 is 4.79 Å². The van der Waals surface area contributed by atoms with Crippen LogP contribution in [0.2, 0.25) is 0 Å². The SMILES string of the molecule is Cc1nnc(SCc2nc(C(=O)N3CCC(C)CC3)cs2)n1-c1ccccc1. The minimum Gasteiger partial charge on any atom is -0.337 e. The number of thiazole rings is 1. The fourth-order valence-electron chi connectivity index (χ4n) is 3.29. The van der Waals surface area contributed by atoms with Gasteiger partial charge in [0, 0.05) is 24.2 Å². The van der Waals surface area contributed by atoms with Crippen LogP contribution in [-0.4, -0.2) is 43.6 Å². The summed E-state index contributed by atoms with van der Waals surface area (Å²) in [5.41, 5.74) is 1.61. The summed E-state index contributed by atoms with van der Waals surface area (Å²) < 4.78 is 2.04. The van der Waals surface area contributed by atoms with E-state index in [4.69, 9.17) is 0 Å². The average molecular weight is 414 g/mol. The van der Waals surface area contributed by atoms with Gasteiger partial charge in [-0.2, -0.15) is 0 Å². The third-order valence-corrected chi connectivity index (χ3v) is 6.95. The Labute approximate surface area is 173 Å². The molecule has 6 nitrogen and oxygen atoms in total. The molecule has 0 N–H and O–H groups in total. The quantitative estimate of drug-likeness (QED) is 0.587. The van der Waals surface area contributed by atoms with Crippen LogP contribution in [0.4, 0.5) is 0 Å². The number of benzene rings is 1. The van der Waals surface area contributed by atoms with Crippen LogP contribution in [0.15, 0.2) is 40.9 Å². The van der Waals surface area contributed by atoms with Gasteiger partial charge in [0.25, 0.3) is 5.91 Å². The molecule has 3 aromatic rings. The van der Waals surface area contributed by atoms with Crippen molar-refractivity contribution >= 4 is 29.0 Å². The molecule has 0 aliphatic carbocycles. The van der Waals surface area contributed by atoms with E-state index >= 15 is 0 Å². The van der Waals surface area contributed by atoms with Crippen molar-refractivity contribution in [2.24, 2.45) is 5.92 Å². The number of amides is 1. The Morgan fingerprint density at radius 1 is 1.21 bits per heavy atom. The zero-order chi connectivity index (χ0) is 19.5. The predicted octanol–water partition coefficient (Wildman–Crippen LogP) is 4.20. The Morgan fingerprint density at radius 3 is 2.71 bits per heavy atom. The Bertz CT molecular complexity index is 945. The minimum atomic E-state index is 0.0581. The molecule has 1 aliphatic heterocycles. The second-order valence-electron chi connectivity index (χ2n) is 7.09. The smallest absolute Gasteiger partial charge is 0.273 e. The molecule has 0 atom stereocenters. The average Bonchev–Trinajstić information content (AvgIpc) is 3.33. The number of carbonyl (C=O) groups excluding carboxylic acids is 1. The van der Waals surface area contributed by atoms with Gasteiger partial charge in [-0.05, 0) is 37.8 Å². The molecule has 1 fully saturated rings. The first-order chi connectivity index (χ1) is 13.6. The molecule has 2 aromatic heterocycles. The summed E-state index contributed by atoms with van der Waals surface area (Å²) in [4.78, 5) is 19.2. The van der Waals surface area contributed by atoms with Crippen LogP contribution in [0.25, 0.3) is 5.69 Å². The van der Waals surface area contributed by atoms with E-state index in [-0.39, 0.29) is 5.91 Å². The van der Waals surface area contributed by atoms with Crippen molar-refractivity contribution in [1.29, 1.82) is 0 Å². The van der Waals surface area contributed by atoms with Gasteiger partial charge in [0.1, 0.15) is 16.5 Å². The topological polar surface area (TPSA) is 63.9 Å². The van der Waals surface area contributed by atoms with Gasteiger partial charge in [-0.3, -0.25) is 9.36 Å². The highest BCUT2D eigenvalue weighted by atomic mass is 32.2. The highest BCUT2D eigenvalue weighted by molar-refractivity contribution is 7.98. The summed E-state index contributed by atoms with van der Waals surface area (Å²) in [6, 6.07) is 10.1. The van der Waals surface area contributed by atoms with E-state index in [2.05, 4.69) is 22.1 Å². The van der Waals surface area contributed by atoms with Crippen LogP contribution in [0.5, 0.6) is 0 Å². The van der Waals surface area contributed by atoms with E-state index in [1.54, 1.807) is 11.8 Å². The lowest BCUT2D eigenvalue weighted by Gasteiger charge is -2.29. The third kappa shape index (κ3) is 4.12. The number of aryl methyl sites for hydroxylation is 1. The van der Waals surface area contributed by atoms with E-state index in [9.17, 15) is 4.79 Å². The van der Waals surface area contributed by atoms with Crippen molar-refractivity contribution in [3.63, 3.8) is 0 Å². The molecule has 0 bridgehead atoms. The summed E-state index contributed by atoms with van der Waals surface area (Å²) in [6.45, 7) is 5.86. The Morgan fingerprint density at radius 2 is 1.96 bits per heavy atom. The van der Waals surface area contributed by atoms with Crippen molar-refractivity contribution in [2.75, 3.05) is 13.1 Å². The molecular weight excluding hydrogens is 390 g/mol. The molecule has 28 heavy (non-hydrogen) atoms. The second-order valence-corrected chi connectivity index (χ2v) is 8.98. The number of para-hydroxylation sites is 1. The molecule has 1 aromatic carbocycles. The lowest BCUT2D eigenvalue weighted by molar-refractivity contribution is 0.0692. The maximum atomic E-state index is 12.7. The third-order valence-electron chi connectivity index (χ3n) is 4.98. The van der Waals surface area contributed by atoms with Crippen molar-refractivity contribution in [2.45, 2.75) is 37.6 Å². The van der Waals surface area contributed by atoms with E-state index in [0.29, 0.717) is 17.4 Å². The van der Waals surface area contributed by atoms with Gasteiger partial charge < -0.3 is 4.90 Å². The zero-order valence-corrected chi connectivity index (χ0v) is 17.7. The van der Waals surface area contributed by atoms with Gasteiger partial charge in [0.15, 0.2) is 5.16 Å². The van der Waals surface area contributed by atoms with Crippen molar-refractivity contribution in [3.05, 3.63) is 52.2 Å². The standard InChI is InChI=1S/C20H23N5OS2/c1-14-8-10-24(11-9-14)19(26)17-12-27-18(21-17)13-28-20-23-22-15(2)25(20)16-6-4-3-5-7-16/h3-7,12,14H,8-11,13H2,1-2H3. The van der Waals surface area contributed by atoms with Gasteiger partial charge in [0.05, 0.1) is 5.75 Å². The number of likely N-dealkylation sites (tertiary alicyclic amines) is 1. The fraction of sp³-hybridized carbons (Fsp3) is 0.400. The summed E-state index contributed by atoms with van der Waals surface area (Å²) in [5, 5.41) is 12.2. The molecule has 1 aliphatic rings.